The van der Waals surface area contributed by atoms with Gasteiger partial charge in [-0.3, -0.25) is 0 Å². The van der Waals surface area contributed by atoms with Crippen molar-refractivity contribution < 1.29 is 4.39 Å². The molecule has 4 heteroatoms. The molecule has 2 rings (SSSR count). The van der Waals surface area contributed by atoms with Crippen LogP contribution in [0.2, 0.25) is 0 Å². The summed E-state index contributed by atoms with van der Waals surface area (Å²) in [6.45, 7) is 2.20. The zero-order valence-corrected chi connectivity index (χ0v) is 11.8. The summed E-state index contributed by atoms with van der Waals surface area (Å²) in [7, 11) is 1.94. The summed E-state index contributed by atoms with van der Waals surface area (Å²) in [5, 5.41) is 3.84. The third kappa shape index (κ3) is 2.29. The summed E-state index contributed by atoms with van der Waals surface area (Å²) in [5.41, 5.74) is 1.95. The van der Waals surface area contributed by atoms with Gasteiger partial charge >= 0.3 is 0 Å². The van der Waals surface area contributed by atoms with Crippen molar-refractivity contribution in [3.05, 3.63) is 33.5 Å². The van der Waals surface area contributed by atoms with Crippen LogP contribution in [0.1, 0.15) is 30.5 Å². The normalized spacial score (nSPS) is 25.0. The molecule has 16 heavy (non-hydrogen) atoms. The van der Waals surface area contributed by atoms with Crippen LogP contribution in [0.3, 0.4) is 0 Å². The van der Waals surface area contributed by atoms with E-state index in [1.807, 2.05) is 18.8 Å². The summed E-state index contributed by atoms with van der Waals surface area (Å²) >= 11 is 5.36. The number of hydrogen-bond acceptors (Lipinski definition) is 2. The van der Waals surface area contributed by atoms with Gasteiger partial charge in [-0.05, 0) is 31.2 Å². The molecule has 1 nitrogen and oxygen atoms in total. The summed E-state index contributed by atoms with van der Waals surface area (Å²) in [6, 6.07) is 3.59. The average Bonchev–Trinajstić information content (AvgIpc) is 2.44. The molecular weight excluding hydrogens is 289 g/mol. The van der Waals surface area contributed by atoms with Crippen LogP contribution in [-0.4, -0.2) is 12.3 Å². The second-order valence-corrected chi connectivity index (χ2v) is 6.40. The lowest BCUT2D eigenvalue weighted by molar-refractivity contribution is 0.539. The molecule has 1 aliphatic rings. The van der Waals surface area contributed by atoms with Crippen molar-refractivity contribution >= 4 is 27.7 Å². The van der Waals surface area contributed by atoms with Crippen LogP contribution < -0.4 is 5.32 Å². The number of thioether (sulfide) groups is 1. The van der Waals surface area contributed by atoms with E-state index in [1.54, 1.807) is 12.1 Å². The van der Waals surface area contributed by atoms with Gasteiger partial charge in [-0.15, -0.1) is 0 Å². The first-order valence-electron chi connectivity index (χ1n) is 5.39. The Morgan fingerprint density at radius 1 is 1.50 bits per heavy atom. The SMILES string of the molecule is CNC1CC(C)SCc2c(F)ccc(Br)c21. The van der Waals surface area contributed by atoms with Crippen molar-refractivity contribution in [2.24, 2.45) is 0 Å². The van der Waals surface area contributed by atoms with Gasteiger partial charge in [-0.1, -0.05) is 22.9 Å². The van der Waals surface area contributed by atoms with Gasteiger partial charge in [0.15, 0.2) is 0 Å². The molecule has 0 bridgehead atoms. The predicted molar refractivity (Wildman–Crippen MR) is 71.3 cm³/mol. The molecule has 2 unspecified atom stereocenters. The number of halogens is 2. The highest BCUT2D eigenvalue weighted by molar-refractivity contribution is 9.10. The van der Waals surface area contributed by atoms with E-state index in [-0.39, 0.29) is 11.9 Å². The quantitative estimate of drug-likeness (QED) is 0.845. The topological polar surface area (TPSA) is 12.0 Å². The number of fused-ring (bicyclic) bond motifs is 1. The van der Waals surface area contributed by atoms with Gasteiger partial charge in [0.05, 0.1) is 0 Å². The monoisotopic (exact) mass is 303 g/mol. The number of benzene rings is 1. The van der Waals surface area contributed by atoms with Crippen molar-refractivity contribution in [3.63, 3.8) is 0 Å². The van der Waals surface area contributed by atoms with E-state index in [0.717, 1.165) is 27.8 Å². The Morgan fingerprint density at radius 2 is 2.25 bits per heavy atom. The number of nitrogens with one attached hydrogen (secondary N) is 1. The second-order valence-electron chi connectivity index (χ2n) is 4.12. The van der Waals surface area contributed by atoms with Crippen LogP contribution in [0.15, 0.2) is 16.6 Å². The molecule has 0 aromatic heterocycles. The summed E-state index contributed by atoms with van der Waals surface area (Å²) in [5.74, 6) is 0.681. The van der Waals surface area contributed by atoms with E-state index in [1.165, 1.54) is 0 Å². The maximum absolute atomic E-state index is 13.8. The van der Waals surface area contributed by atoms with Crippen molar-refractivity contribution in [2.45, 2.75) is 30.4 Å². The zero-order chi connectivity index (χ0) is 11.7. The minimum Gasteiger partial charge on any atom is -0.313 e. The Labute approximate surface area is 108 Å². The first-order valence-corrected chi connectivity index (χ1v) is 7.23. The lowest BCUT2D eigenvalue weighted by atomic mass is 9.97. The van der Waals surface area contributed by atoms with Crippen LogP contribution in [-0.2, 0) is 5.75 Å². The van der Waals surface area contributed by atoms with Gasteiger partial charge in [-0.2, -0.15) is 11.8 Å². The molecule has 0 aliphatic carbocycles. The molecule has 88 valence electrons. The molecule has 0 spiro atoms. The smallest absolute Gasteiger partial charge is 0.127 e. The van der Waals surface area contributed by atoms with Crippen molar-refractivity contribution in [3.8, 4) is 0 Å². The maximum atomic E-state index is 13.8. The third-order valence-corrected chi connectivity index (χ3v) is 4.93. The molecule has 1 aromatic rings. The first-order chi connectivity index (χ1) is 7.63. The highest BCUT2D eigenvalue weighted by Gasteiger charge is 2.25. The summed E-state index contributed by atoms with van der Waals surface area (Å²) < 4.78 is 14.8. The number of rotatable bonds is 1. The Balaban J connectivity index is 2.52. The molecule has 0 radical (unpaired) electrons. The molecule has 0 fully saturated rings. The first kappa shape index (κ1) is 12.4. The Bertz CT molecular complexity index is 397. The molecule has 1 N–H and O–H groups in total. The van der Waals surface area contributed by atoms with Crippen LogP contribution in [0.5, 0.6) is 0 Å². The lowest BCUT2D eigenvalue weighted by Gasteiger charge is -2.19. The van der Waals surface area contributed by atoms with E-state index in [9.17, 15) is 4.39 Å². The standard InChI is InChI=1S/C12H15BrFNS/c1-7-5-11(15-2)12-8(6-16-7)10(14)4-3-9(12)13/h3-4,7,11,15H,5-6H2,1-2H3. The molecule has 2 atom stereocenters. The molecule has 1 aliphatic heterocycles. The van der Waals surface area contributed by atoms with Crippen LogP contribution in [0.25, 0.3) is 0 Å². The Morgan fingerprint density at radius 3 is 2.94 bits per heavy atom. The fourth-order valence-electron chi connectivity index (χ4n) is 2.14. The highest BCUT2D eigenvalue weighted by atomic mass is 79.9. The summed E-state index contributed by atoms with van der Waals surface area (Å²) in [4.78, 5) is 0. The highest BCUT2D eigenvalue weighted by Crippen LogP contribution is 2.39. The molecule has 0 saturated heterocycles. The van der Waals surface area contributed by atoms with Crippen molar-refractivity contribution in [2.75, 3.05) is 7.05 Å². The second kappa shape index (κ2) is 5.07. The van der Waals surface area contributed by atoms with Crippen molar-refractivity contribution in [1.29, 1.82) is 0 Å². The molecule has 1 heterocycles. The molecule has 1 aromatic carbocycles. The largest absolute Gasteiger partial charge is 0.313 e. The van der Waals surface area contributed by atoms with Crippen LogP contribution in [0, 0.1) is 5.82 Å². The predicted octanol–water partition coefficient (Wildman–Crippen LogP) is 3.87. The van der Waals surface area contributed by atoms with Gasteiger partial charge < -0.3 is 5.32 Å². The average molecular weight is 304 g/mol. The zero-order valence-electron chi connectivity index (χ0n) is 9.39. The minimum atomic E-state index is -0.0833. The third-order valence-electron chi connectivity index (χ3n) is 3.02. The van der Waals surface area contributed by atoms with E-state index in [2.05, 4.69) is 28.2 Å². The van der Waals surface area contributed by atoms with E-state index in [4.69, 9.17) is 0 Å². The van der Waals surface area contributed by atoms with Crippen LogP contribution >= 0.6 is 27.7 Å². The van der Waals surface area contributed by atoms with Crippen molar-refractivity contribution in [1.82, 2.24) is 5.32 Å². The lowest BCUT2D eigenvalue weighted by Crippen LogP contribution is -2.20. The van der Waals surface area contributed by atoms with E-state index < -0.39 is 0 Å². The van der Waals surface area contributed by atoms with Gasteiger partial charge in [0, 0.05) is 27.1 Å². The molecule has 0 saturated carbocycles. The maximum Gasteiger partial charge on any atom is 0.127 e. The molecular formula is C12H15BrFNS. The van der Waals surface area contributed by atoms with E-state index >= 15 is 0 Å². The van der Waals surface area contributed by atoms with Gasteiger partial charge in [0.2, 0.25) is 0 Å². The molecule has 0 amide bonds. The van der Waals surface area contributed by atoms with Gasteiger partial charge in [0.1, 0.15) is 5.82 Å². The van der Waals surface area contributed by atoms with Gasteiger partial charge in [-0.25, -0.2) is 4.39 Å². The fraction of sp³-hybridized carbons (Fsp3) is 0.500. The fourth-order valence-corrected chi connectivity index (χ4v) is 3.86. The number of hydrogen-bond donors (Lipinski definition) is 1. The Kier molecular flexibility index (Phi) is 3.93. The van der Waals surface area contributed by atoms with Crippen LogP contribution in [0.4, 0.5) is 4.39 Å². The minimum absolute atomic E-state index is 0.0833. The van der Waals surface area contributed by atoms with Gasteiger partial charge in [0.25, 0.3) is 0 Å². The van der Waals surface area contributed by atoms with E-state index in [0.29, 0.717) is 5.25 Å². The summed E-state index contributed by atoms with van der Waals surface area (Å²) in [6.07, 6.45) is 1.04. The Hall–Kier alpha value is -0.0600.